The zero-order valence-corrected chi connectivity index (χ0v) is 18.8. The fourth-order valence-electron chi connectivity index (χ4n) is 3.69. The minimum absolute atomic E-state index is 0.0138. The minimum atomic E-state index is -0.250. The number of nitrogens with one attached hydrogen (secondary N) is 1. The maximum absolute atomic E-state index is 13.2. The minimum Gasteiger partial charge on any atom is -0.385 e. The number of carbonyl (C=O) groups is 2. The average Bonchev–Trinajstić information content (AvgIpc) is 3.53. The van der Waals surface area contributed by atoms with Crippen LogP contribution in [0, 0.1) is 0 Å². The predicted octanol–water partition coefficient (Wildman–Crippen LogP) is 3.65. The normalized spacial score (nSPS) is 13.1. The van der Waals surface area contributed by atoms with Crippen molar-refractivity contribution in [2.45, 2.75) is 45.2 Å². The average molecular weight is 427 g/mol. The summed E-state index contributed by atoms with van der Waals surface area (Å²) in [6.45, 7) is 3.69. The molecule has 1 aliphatic rings. The smallest absolute Gasteiger partial charge is 0.322 e. The van der Waals surface area contributed by atoms with Crippen molar-refractivity contribution < 1.29 is 14.3 Å². The van der Waals surface area contributed by atoms with Gasteiger partial charge in [-0.05, 0) is 49.4 Å². The molecule has 168 valence electrons. The molecule has 3 amide bonds. The monoisotopic (exact) mass is 426 g/mol. The first-order chi connectivity index (χ1) is 15.0. The number of anilines is 1. The van der Waals surface area contributed by atoms with Gasteiger partial charge >= 0.3 is 6.03 Å². The summed E-state index contributed by atoms with van der Waals surface area (Å²) in [5.74, 6) is -0.0138. The van der Waals surface area contributed by atoms with Crippen molar-refractivity contribution in [3.63, 3.8) is 0 Å². The van der Waals surface area contributed by atoms with Gasteiger partial charge in [0, 0.05) is 50.9 Å². The number of carbonyl (C=O) groups excluding carboxylic acids is 2. The number of amides is 3. The maximum atomic E-state index is 13.2. The zero-order chi connectivity index (χ0) is 22.2. The van der Waals surface area contributed by atoms with E-state index in [2.05, 4.69) is 12.2 Å². The van der Waals surface area contributed by atoms with Crippen molar-refractivity contribution in [2.75, 3.05) is 32.1 Å². The number of rotatable bonds is 11. The second-order valence-corrected chi connectivity index (χ2v) is 8.07. The van der Waals surface area contributed by atoms with Gasteiger partial charge in [0.05, 0.1) is 6.54 Å². The summed E-state index contributed by atoms with van der Waals surface area (Å²) in [6, 6.07) is 11.8. The van der Waals surface area contributed by atoms with Crippen LogP contribution in [0.1, 0.15) is 37.4 Å². The van der Waals surface area contributed by atoms with E-state index in [1.54, 1.807) is 12.0 Å². The molecule has 3 rings (SSSR count). The van der Waals surface area contributed by atoms with E-state index in [1.165, 1.54) is 0 Å². The molecule has 7 nitrogen and oxygen atoms in total. The summed E-state index contributed by atoms with van der Waals surface area (Å²) in [5.41, 5.74) is 2.96. The van der Waals surface area contributed by atoms with Gasteiger partial charge in [0.2, 0.25) is 5.91 Å². The topological polar surface area (TPSA) is 66.8 Å². The Kier molecular flexibility index (Phi) is 8.12. The van der Waals surface area contributed by atoms with Gasteiger partial charge in [0.25, 0.3) is 0 Å². The van der Waals surface area contributed by atoms with E-state index >= 15 is 0 Å². The highest BCUT2D eigenvalue weighted by molar-refractivity contribution is 5.93. The standard InChI is InChI=1S/C24H34N4O3/c1-4-19-9-5-6-11-22(19)25-24(30)27(15-8-16-31-3)18-23(29)28(20-12-13-20)17-21-10-7-14-26(21)2/h5-7,9-11,14,20H,4,8,12-13,15-18H2,1-3H3,(H,25,30). The molecule has 0 saturated heterocycles. The van der Waals surface area contributed by atoms with Gasteiger partial charge < -0.3 is 24.4 Å². The summed E-state index contributed by atoms with van der Waals surface area (Å²) < 4.78 is 7.19. The Morgan fingerprint density at radius 3 is 2.61 bits per heavy atom. The molecule has 1 aromatic carbocycles. The second-order valence-electron chi connectivity index (χ2n) is 8.07. The number of urea groups is 1. The van der Waals surface area contributed by atoms with E-state index in [0.717, 1.165) is 36.2 Å². The second kappa shape index (κ2) is 11.0. The number of methoxy groups -OCH3 is 1. The summed E-state index contributed by atoms with van der Waals surface area (Å²) >= 11 is 0. The maximum Gasteiger partial charge on any atom is 0.322 e. The third-order valence-corrected chi connectivity index (χ3v) is 5.72. The lowest BCUT2D eigenvalue weighted by atomic mass is 10.1. The summed E-state index contributed by atoms with van der Waals surface area (Å²) in [5, 5.41) is 3.00. The van der Waals surface area contributed by atoms with Crippen LogP contribution in [-0.2, 0) is 29.5 Å². The Hall–Kier alpha value is -2.80. The fourth-order valence-corrected chi connectivity index (χ4v) is 3.69. The number of aryl methyl sites for hydroxylation is 2. The van der Waals surface area contributed by atoms with Crippen molar-refractivity contribution in [1.29, 1.82) is 0 Å². The summed E-state index contributed by atoms with van der Waals surface area (Å²) in [7, 11) is 3.63. The summed E-state index contributed by atoms with van der Waals surface area (Å²) in [4.78, 5) is 29.9. The first kappa shape index (κ1) is 22.9. The lowest BCUT2D eigenvalue weighted by molar-refractivity contribution is -0.133. The molecule has 0 unspecified atom stereocenters. The molecule has 0 aliphatic heterocycles. The van der Waals surface area contributed by atoms with Crippen molar-refractivity contribution in [2.24, 2.45) is 7.05 Å². The van der Waals surface area contributed by atoms with Crippen LogP contribution < -0.4 is 5.32 Å². The van der Waals surface area contributed by atoms with Crippen LogP contribution in [0.5, 0.6) is 0 Å². The van der Waals surface area contributed by atoms with Gasteiger partial charge in [-0.15, -0.1) is 0 Å². The fraction of sp³-hybridized carbons (Fsp3) is 0.500. The van der Waals surface area contributed by atoms with E-state index in [-0.39, 0.29) is 24.5 Å². The van der Waals surface area contributed by atoms with Gasteiger partial charge in [0.1, 0.15) is 6.54 Å². The predicted molar refractivity (Wildman–Crippen MR) is 122 cm³/mol. The van der Waals surface area contributed by atoms with E-state index in [4.69, 9.17) is 4.74 Å². The third-order valence-electron chi connectivity index (χ3n) is 5.72. The van der Waals surface area contributed by atoms with E-state index in [9.17, 15) is 9.59 Å². The lowest BCUT2D eigenvalue weighted by Gasteiger charge is -2.28. The van der Waals surface area contributed by atoms with Gasteiger partial charge in [-0.25, -0.2) is 4.79 Å². The molecule has 0 atom stereocenters. The number of benzene rings is 1. The number of para-hydroxylation sites is 1. The molecule has 0 radical (unpaired) electrons. The molecule has 0 bridgehead atoms. The molecule has 1 fully saturated rings. The van der Waals surface area contributed by atoms with Gasteiger partial charge in [-0.3, -0.25) is 4.79 Å². The number of aromatic nitrogens is 1. The number of ether oxygens (including phenoxy) is 1. The number of nitrogens with zero attached hydrogens (tertiary/aromatic N) is 3. The van der Waals surface area contributed by atoms with Crippen molar-refractivity contribution in [3.8, 4) is 0 Å². The molecule has 0 spiro atoms. The van der Waals surface area contributed by atoms with Gasteiger partial charge in [0.15, 0.2) is 0 Å². The molecular weight excluding hydrogens is 392 g/mol. The molecule has 31 heavy (non-hydrogen) atoms. The molecule has 2 aromatic rings. The van der Waals surface area contributed by atoms with Crippen molar-refractivity contribution >= 4 is 17.6 Å². The van der Waals surface area contributed by atoms with Gasteiger partial charge in [-0.2, -0.15) is 0 Å². The van der Waals surface area contributed by atoms with Crippen LogP contribution in [0.4, 0.5) is 10.5 Å². The Bertz CT molecular complexity index is 875. The lowest BCUT2D eigenvalue weighted by Crippen LogP contribution is -2.45. The Balaban J connectivity index is 1.70. The van der Waals surface area contributed by atoms with Crippen LogP contribution in [-0.4, -0.2) is 59.2 Å². The number of hydrogen-bond donors (Lipinski definition) is 1. The zero-order valence-electron chi connectivity index (χ0n) is 18.8. The third kappa shape index (κ3) is 6.34. The first-order valence-electron chi connectivity index (χ1n) is 11.1. The number of hydrogen-bond acceptors (Lipinski definition) is 3. The van der Waals surface area contributed by atoms with Gasteiger partial charge in [-0.1, -0.05) is 25.1 Å². The Morgan fingerprint density at radius 2 is 1.97 bits per heavy atom. The Labute approximate surface area is 185 Å². The highest BCUT2D eigenvalue weighted by Gasteiger charge is 2.34. The van der Waals surface area contributed by atoms with E-state index in [0.29, 0.717) is 26.1 Å². The molecule has 7 heteroatoms. The SMILES string of the molecule is CCc1ccccc1NC(=O)N(CCCOC)CC(=O)N(Cc1cccn1C)C1CC1. The largest absolute Gasteiger partial charge is 0.385 e. The quantitative estimate of drug-likeness (QED) is 0.558. The van der Waals surface area contributed by atoms with Crippen LogP contribution in [0.15, 0.2) is 42.6 Å². The highest BCUT2D eigenvalue weighted by Crippen LogP contribution is 2.28. The van der Waals surface area contributed by atoms with Crippen molar-refractivity contribution in [3.05, 3.63) is 53.9 Å². The summed E-state index contributed by atoms with van der Waals surface area (Å²) in [6.07, 6.45) is 5.53. The molecule has 1 aliphatic carbocycles. The highest BCUT2D eigenvalue weighted by atomic mass is 16.5. The Morgan fingerprint density at radius 1 is 1.19 bits per heavy atom. The van der Waals surface area contributed by atoms with E-state index in [1.807, 2.05) is 59.1 Å². The molecule has 1 N–H and O–H groups in total. The van der Waals surface area contributed by atoms with Crippen molar-refractivity contribution in [1.82, 2.24) is 14.4 Å². The molecule has 1 saturated carbocycles. The molecule has 1 heterocycles. The van der Waals surface area contributed by atoms with Crippen LogP contribution in [0.2, 0.25) is 0 Å². The van der Waals surface area contributed by atoms with E-state index < -0.39 is 0 Å². The first-order valence-corrected chi connectivity index (χ1v) is 11.1. The van der Waals surface area contributed by atoms with Crippen LogP contribution in [0.3, 0.4) is 0 Å². The molecular formula is C24H34N4O3. The molecule has 1 aromatic heterocycles. The van der Waals surface area contributed by atoms with Crippen LogP contribution in [0.25, 0.3) is 0 Å². The van der Waals surface area contributed by atoms with Crippen LogP contribution >= 0.6 is 0 Å².